The molecule has 0 amide bonds. The molecule has 0 aliphatic heterocycles. The van der Waals surface area contributed by atoms with Crippen LogP contribution in [0.5, 0.6) is 0 Å². The molecule has 0 bridgehead atoms. The predicted octanol–water partition coefficient (Wildman–Crippen LogP) is 2.70. The number of carbonyl (C=O) groups is 1. The van der Waals surface area contributed by atoms with Crippen LogP contribution in [0.3, 0.4) is 0 Å². The summed E-state index contributed by atoms with van der Waals surface area (Å²) in [4.78, 5) is 14.2. The van der Waals surface area contributed by atoms with Crippen molar-refractivity contribution in [3.05, 3.63) is 35.9 Å². The Morgan fingerprint density at radius 2 is 1.90 bits per heavy atom. The Kier molecular flexibility index (Phi) is 6.85. The third kappa shape index (κ3) is 4.29. The molecule has 0 aliphatic carbocycles. The smallest absolute Gasteiger partial charge is 0.328 e. The molecule has 0 aromatic heterocycles. The van der Waals surface area contributed by atoms with Gasteiger partial charge in [-0.15, -0.1) is 0 Å². The van der Waals surface area contributed by atoms with Gasteiger partial charge in [-0.05, 0) is 45.8 Å². The largest absolute Gasteiger partial charge is 0.480 e. The molecule has 0 heterocycles. The average Bonchev–Trinajstić information content (AvgIpc) is 2.47. The highest BCUT2D eigenvalue weighted by atomic mass is 16.4. The minimum absolute atomic E-state index is 0.420. The zero-order valence-corrected chi connectivity index (χ0v) is 13.6. The number of benzene rings is 1. The van der Waals surface area contributed by atoms with Crippen LogP contribution < -0.4 is 5.32 Å². The van der Waals surface area contributed by atoms with Gasteiger partial charge in [0, 0.05) is 12.6 Å². The summed E-state index contributed by atoms with van der Waals surface area (Å²) < 4.78 is 0. The average molecular weight is 292 g/mol. The summed E-state index contributed by atoms with van der Waals surface area (Å²) in [6.07, 6.45) is 1.62. The lowest BCUT2D eigenvalue weighted by atomic mass is 9.86. The standard InChI is InChI=1S/C17H28N2O2/c1-5-12-19(14(2)3)13-11-17(18-4,16(20)21)15-9-7-6-8-10-15/h6-10,14,18H,5,11-13H2,1-4H3,(H,20,21). The van der Waals surface area contributed by atoms with Gasteiger partial charge in [-0.25, -0.2) is 4.79 Å². The van der Waals surface area contributed by atoms with E-state index < -0.39 is 11.5 Å². The third-order valence-electron chi connectivity index (χ3n) is 4.07. The zero-order chi connectivity index (χ0) is 15.9. The van der Waals surface area contributed by atoms with Crippen LogP contribution >= 0.6 is 0 Å². The van der Waals surface area contributed by atoms with E-state index in [9.17, 15) is 9.90 Å². The number of likely N-dealkylation sites (N-methyl/N-ethyl adjacent to an activating group) is 1. The van der Waals surface area contributed by atoms with E-state index in [-0.39, 0.29) is 0 Å². The molecule has 1 aromatic rings. The summed E-state index contributed by atoms with van der Waals surface area (Å²) in [6, 6.07) is 9.86. The van der Waals surface area contributed by atoms with E-state index in [0.29, 0.717) is 12.5 Å². The van der Waals surface area contributed by atoms with Crippen molar-refractivity contribution in [2.45, 2.75) is 45.2 Å². The van der Waals surface area contributed by atoms with Crippen molar-refractivity contribution in [3.63, 3.8) is 0 Å². The Morgan fingerprint density at radius 3 is 2.33 bits per heavy atom. The summed E-state index contributed by atoms with van der Waals surface area (Å²) in [6.45, 7) is 8.20. The van der Waals surface area contributed by atoms with Gasteiger partial charge in [-0.1, -0.05) is 37.3 Å². The molecular weight excluding hydrogens is 264 g/mol. The van der Waals surface area contributed by atoms with Gasteiger partial charge in [0.15, 0.2) is 0 Å². The Labute approximate surface area is 128 Å². The molecule has 118 valence electrons. The van der Waals surface area contributed by atoms with E-state index in [4.69, 9.17) is 0 Å². The molecule has 0 aliphatic rings. The molecule has 0 saturated carbocycles. The van der Waals surface area contributed by atoms with Crippen molar-refractivity contribution < 1.29 is 9.90 Å². The first kappa shape index (κ1) is 17.7. The van der Waals surface area contributed by atoms with Crippen LogP contribution in [-0.2, 0) is 10.3 Å². The second-order valence-corrected chi connectivity index (χ2v) is 5.71. The third-order valence-corrected chi connectivity index (χ3v) is 4.07. The molecule has 4 heteroatoms. The first-order chi connectivity index (χ1) is 9.97. The maximum atomic E-state index is 11.9. The van der Waals surface area contributed by atoms with Crippen molar-refractivity contribution >= 4 is 5.97 Å². The molecule has 0 spiro atoms. The van der Waals surface area contributed by atoms with Crippen molar-refractivity contribution in [3.8, 4) is 0 Å². The Hall–Kier alpha value is -1.39. The van der Waals surface area contributed by atoms with Crippen LogP contribution in [0.2, 0.25) is 0 Å². The molecule has 1 atom stereocenters. The lowest BCUT2D eigenvalue weighted by molar-refractivity contribution is -0.145. The van der Waals surface area contributed by atoms with Gasteiger partial charge in [0.2, 0.25) is 0 Å². The number of carboxylic acids is 1. The predicted molar refractivity (Wildman–Crippen MR) is 86.4 cm³/mol. The van der Waals surface area contributed by atoms with Gasteiger partial charge in [-0.2, -0.15) is 0 Å². The van der Waals surface area contributed by atoms with Gasteiger partial charge in [-0.3, -0.25) is 0 Å². The summed E-state index contributed by atoms with van der Waals surface area (Å²) >= 11 is 0. The van der Waals surface area contributed by atoms with Gasteiger partial charge >= 0.3 is 5.97 Å². The van der Waals surface area contributed by atoms with Crippen molar-refractivity contribution in [2.75, 3.05) is 20.1 Å². The Bertz CT molecular complexity index is 434. The molecule has 0 radical (unpaired) electrons. The molecule has 4 nitrogen and oxygen atoms in total. The van der Waals surface area contributed by atoms with Gasteiger partial charge in [0.25, 0.3) is 0 Å². The van der Waals surface area contributed by atoms with Crippen LogP contribution in [0.4, 0.5) is 0 Å². The number of nitrogens with zero attached hydrogens (tertiary/aromatic N) is 1. The Morgan fingerprint density at radius 1 is 1.29 bits per heavy atom. The number of hydrogen-bond acceptors (Lipinski definition) is 3. The van der Waals surface area contributed by atoms with Crippen LogP contribution in [0, 0.1) is 0 Å². The fourth-order valence-electron chi connectivity index (χ4n) is 2.70. The minimum atomic E-state index is -1.03. The van der Waals surface area contributed by atoms with Crippen LogP contribution in [0.15, 0.2) is 30.3 Å². The first-order valence-electron chi connectivity index (χ1n) is 7.69. The highest BCUT2D eigenvalue weighted by Gasteiger charge is 2.38. The maximum Gasteiger partial charge on any atom is 0.328 e. The van der Waals surface area contributed by atoms with Crippen LogP contribution in [0.25, 0.3) is 0 Å². The lowest BCUT2D eigenvalue weighted by Gasteiger charge is -2.34. The van der Waals surface area contributed by atoms with Crippen LogP contribution in [0.1, 0.15) is 39.2 Å². The van der Waals surface area contributed by atoms with Gasteiger partial charge in [0.1, 0.15) is 5.54 Å². The second kappa shape index (κ2) is 8.15. The monoisotopic (exact) mass is 292 g/mol. The summed E-state index contributed by atoms with van der Waals surface area (Å²) in [5, 5.41) is 12.8. The van der Waals surface area contributed by atoms with Crippen molar-refractivity contribution in [1.29, 1.82) is 0 Å². The van der Waals surface area contributed by atoms with E-state index in [1.165, 1.54) is 0 Å². The first-order valence-corrected chi connectivity index (χ1v) is 7.69. The topological polar surface area (TPSA) is 52.6 Å². The fraction of sp³-hybridized carbons (Fsp3) is 0.588. The normalized spacial score (nSPS) is 14.4. The van der Waals surface area contributed by atoms with E-state index in [1.807, 2.05) is 30.3 Å². The molecule has 1 rings (SSSR count). The molecule has 2 N–H and O–H groups in total. The van der Waals surface area contributed by atoms with E-state index in [1.54, 1.807) is 7.05 Å². The zero-order valence-electron chi connectivity index (χ0n) is 13.6. The number of hydrogen-bond donors (Lipinski definition) is 2. The van der Waals surface area contributed by atoms with E-state index in [0.717, 1.165) is 25.1 Å². The minimum Gasteiger partial charge on any atom is -0.480 e. The van der Waals surface area contributed by atoms with Gasteiger partial charge < -0.3 is 15.3 Å². The number of carboxylic acid groups (broad SMARTS) is 1. The number of nitrogens with one attached hydrogen (secondary N) is 1. The van der Waals surface area contributed by atoms with E-state index in [2.05, 4.69) is 31.0 Å². The highest BCUT2D eigenvalue weighted by molar-refractivity contribution is 5.80. The van der Waals surface area contributed by atoms with Crippen LogP contribution in [-0.4, -0.2) is 42.2 Å². The molecule has 0 saturated heterocycles. The maximum absolute atomic E-state index is 11.9. The molecule has 1 unspecified atom stereocenters. The molecule has 1 aromatic carbocycles. The number of rotatable bonds is 9. The van der Waals surface area contributed by atoms with E-state index >= 15 is 0 Å². The fourth-order valence-corrected chi connectivity index (χ4v) is 2.70. The second-order valence-electron chi connectivity index (χ2n) is 5.71. The highest BCUT2D eigenvalue weighted by Crippen LogP contribution is 2.26. The van der Waals surface area contributed by atoms with Crippen molar-refractivity contribution in [2.24, 2.45) is 0 Å². The lowest BCUT2D eigenvalue weighted by Crippen LogP contribution is -2.50. The molecular formula is C17H28N2O2. The quantitative estimate of drug-likeness (QED) is 0.735. The summed E-state index contributed by atoms with van der Waals surface area (Å²) in [5.74, 6) is -0.823. The van der Waals surface area contributed by atoms with Gasteiger partial charge in [0.05, 0.1) is 0 Å². The summed E-state index contributed by atoms with van der Waals surface area (Å²) in [5.41, 5.74) is -0.220. The number of aliphatic carboxylic acids is 1. The van der Waals surface area contributed by atoms with Crippen molar-refractivity contribution in [1.82, 2.24) is 10.2 Å². The Balaban J connectivity index is 2.97. The summed E-state index contributed by atoms with van der Waals surface area (Å²) in [7, 11) is 1.72. The molecule has 0 fully saturated rings. The molecule has 21 heavy (non-hydrogen) atoms. The SMILES string of the molecule is CCCN(CCC(NC)(C(=O)O)c1ccccc1)C(C)C.